The van der Waals surface area contributed by atoms with E-state index < -0.39 is 28.5 Å². The van der Waals surface area contributed by atoms with Gasteiger partial charge in [-0.25, -0.2) is 8.42 Å². The number of benzene rings is 3. The molecule has 1 atom stereocenters. The third-order valence-electron chi connectivity index (χ3n) is 7.71. The molecule has 8 nitrogen and oxygen atoms in total. The Labute approximate surface area is 263 Å². The smallest absolute Gasteiger partial charge is 0.264 e. The number of halogens is 1. The SMILES string of the molecule is CCOc1ccc(N(CC(=O)N(Cc2ccc(Br)cc2)[C@@H](C)C(=O)NC2CCCCC2)S(=O)(=O)c2ccc(C)cc2)cc1. The Hall–Kier alpha value is -3.37. The molecule has 0 saturated heterocycles. The monoisotopic (exact) mass is 669 g/mol. The number of carbonyl (C=O) groups is 2. The minimum absolute atomic E-state index is 0.0716. The minimum Gasteiger partial charge on any atom is -0.494 e. The molecule has 43 heavy (non-hydrogen) atoms. The lowest BCUT2D eigenvalue weighted by molar-refractivity contribution is -0.139. The van der Waals surface area contributed by atoms with E-state index in [9.17, 15) is 18.0 Å². The van der Waals surface area contributed by atoms with Crippen molar-refractivity contribution in [1.29, 1.82) is 0 Å². The third kappa shape index (κ3) is 8.60. The number of aryl methyl sites for hydroxylation is 1. The lowest BCUT2D eigenvalue weighted by Crippen LogP contribution is -2.53. The van der Waals surface area contributed by atoms with Gasteiger partial charge in [0.15, 0.2) is 0 Å². The predicted molar refractivity (Wildman–Crippen MR) is 172 cm³/mol. The summed E-state index contributed by atoms with van der Waals surface area (Å²) in [6.07, 6.45) is 5.12. The van der Waals surface area contributed by atoms with Gasteiger partial charge in [0, 0.05) is 17.1 Å². The van der Waals surface area contributed by atoms with Gasteiger partial charge in [-0.2, -0.15) is 0 Å². The van der Waals surface area contributed by atoms with Gasteiger partial charge in [-0.05, 0) is 87.7 Å². The molecule has 1 N–H and O–H groups in total. The fourth-order valence-electron chi connectivity index (χ4n) is 5.18. The van der Waals surface area contributed by atoms with E-state index in [2.05, 4.69) is 21.2 Å². The summed E-state index contributed by atoms with van der Waals surface area (Å²) in [5, 5.41) is 3.13. The molecule has 2 amide bonds. The van der Waals surface area contributed by atoms with Crippen LogP contribution in [0.2, 0.25) is 0 Å². The zero-order valence-electron chi connectivity index (χ0n) is 25.0. The van der Waals surface area contributed by atoms with Crippen molar-refractivity contribution in [2.24, 2.45) is 0 Å². The molecule has 1 aliphatic carbocycles. The van der Waals surface area contributed by atoms with Crippen LogP contribution in [0, 0.1) is 6.92 Å². The molecule has 0 heterocycles. The molecule has 1 fully saturated rings. The van der Waals surface area contributed by atoms with Crippen LogP contribution < -0.4 is 14.4 Å². The fraction of sp³-hybridized carbons (Fsp3) is 0.394. The molecular weight excluding hydrogens is 630 g/mol. The van der Waals surface area contributed by atoms with Crippen molar-refractivity contribution in [2.75, 3.05) is 17.5 Å². The predicted octanol–water partition coefficient (Wildman–Crippen LogP) is 6.22. The summed E-state index contributed by atoms with van der Waals surface area (Å²) in [4.78, 5) is 29.1. The molecule has 0 aromatic heterocycles. The molecule has 4 rings (SSSR count). The van der Waals surface area contributed by atoms with E-state index in [1.807, 2.05) is 38.1 Å². The molecule has 0 aliphatic heterocycles. The average Bonchev–Trinajstić information content (AvgIpc) is 3.00. The third-order valence-corrected chi connectivity index (χ3v) is 10.0. The summed E-state index contributed by atoms with van der Waals surface area (Å²) in [5.41, 5.74) is 2.06. The van der Waals surface area contributed by atoms with Crippen molar-refractivity contribution >= 4 is 43.5 Å². The normalized spacial score (nSPS) is 14.5. The number of nitrogens with zero attached hydrogens (tertiary/aromatic N) is 2. The first-order chi connectivity index (χ1) is 20.6. The van der Waals surface area contributed by atoms with Crippen LogP contribution in [0.25, 0.3) is 0 Å². The molecule has 0 radical (unpaired) electrons. The van der Waals surface area contributed by atoms with E-state index in [0.717, 1.165) is 52.0 Å². The Morgan fingerprint density at radius 3 is 2.19 bits per heavy atom. The largest absolute Gasteiger partial charge is 0.494 e. The highest BCUT2D eigenvalue weighted by atomic mass is 79.9. The van der Waals surface area contributed by atoms with Crippen LogP contribution in [-0.2, 0) is 26.2 Å². The first kappa shape index (κ1) is 32.5. The maximum absolute atomic E-state index is 14.1. The van der Waals surface area contributed by atoms with Crippen LogP contribution in [0.5, 0.6) is 5.75 Å². The van der Waals surface area contributed by atoms with Gasteiger partial charge in [0.05, 0.1) is 17.2 Å². The summed E-state index contributed by atoms with van der Waals surface area (Å²) in [6, 6.07) is 19.9. The number of hydrogen-bond donors (Lipinski definition) is 1. The molecule has 0 bridgehead atoms. The van der Waals surface area contributed by atoms with Gasteiger partial charge < -0.3 is 15.0 Å². The Balaban J connectivity index is 1.67. The first-order valence-electron chi connectivity index (χ1n) is 14.7. The molecule has 1 aliphatic rings. The molecule has 0 unspecified atom stereocenters. The molecule has 3 aromatic rings. The number of rotatable bonds is 12. The maximum Gasteiger partial charge on any atom is 0.264 e. The van der Waals surface area contributed by atoms with E-state index >= 15 is 0 Å². The molecular formula is C33H40BrN3O5S. The molecule has 0 spiro atoms. The number of ether oxygens (including phenoxy) is 1. The fourth-order valence-corrected chi connectivity index (χ4v) is 6.86. The Morgan fingerprint density at radius 2 is 1.58 bits per heavy atom. The molecule has 3 aromatic carbocycles. The minimum atomic E-state index is -4.13. The van der Waals surface area contributed by atoms with Crippen LogP contribution in [-0.4, -0.2) is 50.4 Å². The second kappa shape index (κ2) is 14.9. The van der Waals surface area contributed by atoms with E-state index in [-0.39, 0.29) is 23.4 Å². The highest BCUT2D eigenvalue weighted by Gasteiger charge is 2.33. The van der Waals surface area contributed by atoms with Gasteiger partial charge in [0.2, 0.25) is 11.8 Å². The van der Waals surface area contributed by atoms with Crippen molar-refractivity contribution in [3.05, 3.63) is 88.4 Å². The summed E-state index contributed by atoms with van der Waals surface area (Å²) in [7, 11) is -4.13. The topological polar surface area (TPSA) is 96.0 Å². The molecule has 1 saturated carbocycles. The number of amides is 2. The summed E-state index contributed by atoms with van der Waals surface area (Å²) >= 11 is 3.44. The molecule has 230 valence electrons. The number of carbonyl (C=O) groups excluding carboxylic acids is 2. The van der Waals surface area contributed by atoms with E-state index in [0.29, 0.717) is 18.0 Å². The highest BCUT2D eigenvalue weighted by Crippen LogP contribution is 2.27. The van der Waals surface area contributed by atoms with E-state index in [1.165, 1.54) is 17.0 Å². The number of hydrogen-bond acceptors (Lipinski definition) is 5. The van der Waals surface area contributed by atoms with E-state index in [4.69, 9.17) is 4.74 Å². The van der Waals surface area contributed by atoms with Gasteiger partial charge in [-0.3, -0.25) is 13.9 Å². The number of sulfonamides is 1. The lowest BCUT2D eigenvalue weighted by atomic mass is 9.95. The molecule has 10 heteroatoms. The summed E-state index contributed by atoms with van der Waals surface area (Å²) < 4.78 is 35.6. The summed E-state index contributed by atoms with van der Waals surface area (Å²) in [6.45, 7) is 5.57. The van der Waals surface area contributed by atoms with Gasteiger partial charge in [-0.15, -0.1) is 0 Å². The second-order valence-corrected chi connectivity index (χ2v) is 13.7. The van der Waals surface area contributed by atoms with Gasteiger partial charge in [0.1, 0.15) is 18.3 Å². The van der Waals surface area contributed by atoms with Crippen molar-refractivity contribution in [2.45, 2.75) is 76.4 Å². The summed E-state index contributed by atoms with van der Waals surface area (Å²) in [5.74, 6) is -0.139. The van der Waals surface area contributed by atoms with E-state index in [1.54, 1.807) is 43.3 Å². The van der Waals surface area contributed by atoms with Crippen LogP contribution in [0.3, 0.4) is 0 Å². The average molecular weight is 671 g/mol. The zero-order valence-corrected chi connectivity index (χ0v) is 27.4. The van der Waals surface area contributed by atoms with Crippen LogP contribution in [0.15, 0.2) is 82.2 Å². The Morgan fingerprint density at radius 1 is 0.953 bits per heavy atom. The van der Waals surface area contributed by atoms with Crippen LogP contribution >= 0.6 is 15.9 Å². The first-order valence-corrected chi connectivity index (χ1v) is 17.0. The van der Waals surface area contributed by atoms with Gasteiger partial charge in [0.25, 0.3) is 10.0 Å². The van der Waals surface area contributed by atoms with Crippen molar-refractivity contribution < 1.29 is 22.7 Å². The lowest BCUT2D eigenvalue weighted by Gasteiger charge is -2.33. The Kier molecular flexibility index (Phi) is 11.3. The Bertz CT molecular complexity index is 1470. The maximum atomic E-state index is 14.1. The quantitative estimate of drug-likeness (QED) is 0.247. The highest BCUT2D eigenvalue weighted by molar-refractivity contribution is 9.10. The second-order valence-electron chi connectivity index (χ2n) is 10.9. The van der Waals surface area contributed by atoms with Crippen molar-refractivity contribution in [3.8, 4) is 5.75 Å². The standard InChI is InChI=1S/C33H40BrN3O5S/c1-4-42-30-18-16-29(17-19-30)37(43(40,41)31-20-10-24(2)11-21-31)23-32(38)36(22-26-12-14-27(34)15-13-26)25(3)33(39)35-28-8-6-5-7-9-28/h10-21,25,28H,4-9,22-23H2,1-3H3,(H,35,39)/t25-/m0/s1. The number of nitrogens with one attached hydrogen (secondary N) is 1. The van der Waals surface area contributed by atoms with Crippen molar-refractivity contribution in [1.82, 2.24) is 10.2 Å². The van der Waals surface area contributed by atoms with Crippen LogP contribution in [0.4, 0.5) is 5.69 Å². The van der Waals surface area contributed by atoms with Crippen molar-refractivity contribution in [3.63, 3.8) is 0 Å². The van der Waals surface area contributed by atoms with Gasteiger partial charge >= 0.3 is 0 Å². The zero-order chi connectivity index (χ0) is 31.0. The van der Waals surface area contributed by atoms with Gasteiger partial charge in [-0.1, -0.05) is 65.0 Å². The van der Waals surface area contributed by atoms with Crippen LogP contribution in [0.1, 0.15) is 57.1 Å². The number of anilines is 1.